The number of piperazine rings is 1. The average Bonchev–Trinajstić information content (AvgIpc) is 3.25. The fourth-order valence-electron chi connectivity index (χ4n) is 4.73. The maximum absolute atomic E-state index is 13.6. The summed E-state index contributed by atoms with van der Waals surface area (Å²) in [5.74, 6) is 2.16. The molecule has 1 aromatic carbocycles. The zero-order valence-electron chi connectivity index (χ0n) is 21.7. The standard InChI is InChI=1S/C26H31N7O4S/c1-4-8-23-28-18(3)24-26(34)29-25(30-33(23)24)20-17-19(10-11-21(20)37-5-2)38(35,36)32-15-13-31(14-16-32)22-9-6-7-12-27-22/h6-7,9-12,17H,4-5,8,13-16H2,1-3H3,(H,29,30,34). The Balaban J connectivity index is 1.51. The predicted octanol–water partition coefficient (Wildman–Crippen LogP) is 2.65. The minimum absolute atomic E-state index is 0.112. The van der Waals surface area contributed by atoms with Crippen LogP contribution in [-0.2, 0) is 16.4 Å². The first-order chi connectivity index (χ1) is 18.3. The highest BCUT2D eigenvalue weighted by molar-refractivity contribution is 7.89. The molecule has 0 spiro atoms. The number of nitrogens with zero attached hydrogens (tertiary/aromatic N) is 6. The molecule has 11 nitrogen and oxygen atoms in total. The summed E-state index contributed by atoms with van der Waals surface area (Å²) in [5, 5.41) is 4.66. The van der Waals surface area contributed by atoms with Crippen molar-refractivity contribution in [2.24, 2.45) is 0 Å². The van der Waals surface area contributed by atoms with Crippen molar-refractivity contribution in [2.45, 2.75) is 38.5 Å². The third-order valence-electron chi connectivity index (χ3n) is 6.57. The molecule has 1 aliphatic rings. The summed E-state index contributed by atoms with van der Waals surface area (Å²) in [6.45, 7) is 7.74. The van der Waals surface area contributed by atoms with Crippen LogP contribution < -0.4 is 15.2 Å². The lowest BCUT2D eigenvalue weighted by atomic mass is 10.2. The number of fused-ring (bicyclic) bond motifs is 1. The number of hydrogen-bond donors (Lipinski definition) is 1. The third kappa shape index (κ3) is 4.76. The molecule has 1 aliphatic heterocycles. The van der Waals surface area contributed by atoms with Crippen LogP contribution in [0.4, 0.5) is 5.82 Å². The number of pyridine rings is 1. The molecule has 0 unspecified atom stereocenters. The van der Waals surface area contributed by atoms with E-state index in [1.807, 2.05) is 32.0 Å². The molecule has 1 saturated heterocycles. The van der Waals surface area contributed by atoms with E-state index in [0.29, 0.717) is 67.6 Å². The number of hydrogen-bond acceptors (Lipinski definition) is 8. The number of anilines is 1. The highest BCUT2D eigenvalue weighted by Crippen LogP contribution is 2.32. The van der Waals surface area contributed by atoms with Gasteiger partial charge in [0.05, 0.1) is 22.8 Å². The van der Waals surface area contributed by atoms with Crippen molar-refractivity contribution in [3.8, 4) is 17.1 Å². The Kier molecular flexibility index (Phi) is 7.17. The van der Waals surface area contributed by atoms with E-state index in [2.05, 4.69) is 25.0 Å². The van der Waals surface area contributed by atoms with Crippen molar-refractivity contribution in [3.63, 3.8) is 0 Å². The van der Waals surface area contributed by atoms with Gasteiger partial charge in [-0.1, -0.05) is 13.0 Å². The first-order valence-electron chi connectivity index (χ1n) is 12.7. The molecule has 4 heterocycles. The Morgan fingerprint density at radius 2 is 1.87 bits per heavy atom. The number of benzene rings is 1. The molecule has 1 N–H and O–H groups in total. The molecule has 0 bridgehead atoms. The number of ether oxygens (including phenoxy) is 1. The van der Waals surface area contributed by atoms with Gasteiger partial charge in [0.2, 0.25) is 10.0 Å². The SMILES string of the molecule is CCCc1nc(C)c2c(=O)[nH]c(-c3cc(S(=O)(=O)N4CCN(c5ccccn5)CC4)ccc3OCC)nn12. The quantitative estimate of drug-likeness (QED) is 0.364. The Hall–Kier alpha value is -3.77. The molecule has 1 fully saturated rings. The van der Waals surface area contributed by atoms with Gasteiger partial charge in [-0.15, -0.1) is 5.10 Å². The number of aryl methyl sites for hydroxylation is 2. The molecule has 0 atom stereocenters. The summed E-state index contributed by atoms with van der Waals surface area (Å²) in [6, 6.07) is 10.4. The second-order valence-electron chi connectivity index (χ2n) is 9.10. The van der Waals surface area contributed by atoms with E-state index in [1.54, 1.807) is 23.7 Å². The lowest BCUT2D eigenvalue weighted by molar-refractivity contribution is 0.341. The second kappa shape index (κ2) is 10.5. The van der Waals surface area contributed by atoms with Crippen molar-refractivity contribution >= 4 is 21.4 Å². The summed E-state index contributed by atoms with van der Waals surface area (Å²) in [5.41, 5.74) is 1.03. The average molecular weight is 538 g/mol. The number of aromatic amines is 1. The highest BCUT2D eigenvalue weighted by Gasteiger charge is 2.30. The first-order valence-corrected chi connectivity index (χ1v) is 14.2. The van der Waals surface area contributed by atoms with Crippen LogP contribution in [0.2, 0.25) is 0 Å². The van der Waals surface area contributed by atoms with E-state index in [0.717, 1.165) is 12.2 Å². The number of sulfonamides is 1. The van der Waals surface area contributed by atoms with Gasteiger partial charge in [0, 0.05) is 38.8 Å². The minimum atomic E-state index is -3.80. The van der Waals surface area contributed by atoms with Gasteiger partial charge >= 0.3 is 0 Å². The number of H-pyrrole nitrogens is 1. The van der Waals surface area contributed by atoms with Crippen LogP contribution in [-0.4, -0.2) is 70.1 Å². The molecular formula is C26H31N7O4S. The Morgan fingerprint density at radius 3 is 2.55 bits per heavy atom. The van der Waals surface area contributed by atoms with Gasteiger partial charge in [-0.05, 0) is 50.6 Å². The van der Waals surface area contributed by atoms with Crippen LogP contribution in [0.15, 0.2) is 52.3 Å². The number of rotatable bonds is 8. The van der Waals surface area contributed by atoms with Gasteiger partial charge in [0.15, 0.2) is 11.3 Å². The van der Waals surface area contributed by atoms with E-state index in [1.165, 1.54) is 16.4 Å². The molecule has 5 rings (SSSR count). The predicted molar refractivity (Wildman–Crippen MR) is 144 cm³/mol. The van der Waals surface area contributed by atoms with Crippen LogP contribution >= 0.6 is 0 Å². The van der Waals surface area contributed by atoms with Crippen LogP contribution in [0.5, 0.6) is 5.75 Å². The van der Waals surface area contributed by atoms with E-state index in [4.69, 9.17) is 4.74 Å². The molecule has 4 aromatic rings. The molecule has 3 aromatic heterocycles. The molecule has 0 aliphatic carbocycles. The van der Waals surface area contributed by atoms with Crippen LogP contribution in [0.25, 0.3) is 16.9 Å². The zero-order chi connectivity index (χ0) is 26.9. The van der Waals surface area contributed by atoms with Crippen LogP contribution in [0.3, 0.4) is 0 Å². The Labute approximate surface area is 221 Å². The van der Waals surface area contributed by atoms with E-state index >= 15 is 0 Å². The maximum atomic E-state index is 13.6. The number of aromatic nitrogens is 5. The fourth-order valence-corrected chi connectivity index (χ4v) is 6.18. The van der Waals surface area contributed by atoms with Crippen LogP contribution in [0, 0.1) is 6.92 Å². The van der Waals surface area contributed by atoms with Crippen LogP contribution in [0.1, 0.15) is 31.8 Å². The Morgan fingerprint density at radius 1 is 1.08 bits per heavy atom. The van der Waals surface area contributed by atoms with Crippen molar-refractivity contribution in [1.29, 1.82) is 0 Å². The van der Waals surface area contributed by atoms with Crippen molar-refractivity contribution in [3.05, 3.63) is 64.5 Å². The third-order valence-corrected chi connectivity index (χ3v) is 8.47. The van der Waals surface area contributed by atoms with Gasteiger partial charge in [-0.2, -0.15) is 4.31 Å². The number of nitrogens with one attached hydrogen (secondary N) is 1. The zero-order valence-corrected chi connectivity index (χ0v) is 22.5. The second-order valence-corrected chi connectivity index (χ2v) is 11.0. The lowest BCUT2D eigenvalue weighted by Crippen LogP contribution is -2.48. The van der Waals surface area contributed by atoms with Gasteiger partial charge < -0.3 is 14.6 Å². The van der Waals surface area contributed by atoms with Gasteiger partial charge in [0.1, 0.15) is 17.4 Å². The van der Waals surface area contributed by atoms with Crippen molar-refractivity contribution in [1.82, 2.24) is 28.9 Å². The monoisotopic (exact) mass is 537 g/mol. The van der Waals surface area contributed by atoms with E-state index in [9.17, 15) is 13.2 Å². The van der Waals surface area contributed by atoms with Crippen molar-refractivity contribution in [2.75, 3.05) is 37.7 Å². The van der Waals surface area contributed by atoms with E-state index < -0.39 is 10.0 Å². The molecule has 38 heavy (non-hydrogen) atoms. The summed E-state index contributed by atoms with van der Waals surface area (Å²) >= 11 is 0. The Bertz CT molecular complexity index is 1610. The van der Waals surface area contributed by atoms with Gasteiger partial charge in [-0.25, -0.2) is 22.9 Å². The van der Waals surface area contributed by atoms with Gasteiger partial charge in [0.25, 0.3) is 5.56 Å². The summed E-state index contributed by atoms with van der Waals surface area (Å²) in [6.07, 6.45) is 3.22. The summed E-state index contributed by atoms with van der Waals surface area (Å²) in [7, 11) is -3.80. The summed E-state index contributed by atoms with van der Waals surface area (Å²) < 4.78 is 36.1. The molecule has 200 valence electrons. The normalized spacial score (nSPS) is 14.8. The van der Waals surface area contributed by atoms with Crippen molar-refractivity contribution < 1.29 is 13.2 Å². The molecule has 0 amide bonds. The number of imidazole rings is 1. The largest absolute Gasteiger partial charge is 0.493 e. The lowest BCUT2D eigenvalue weighted by Gasteiger charge is -2.34. The molecule has 0 saturated carbocycles. The minimum Gasteiger partial charge on any atom is -0.493 e. The molecule has 12 heteroatoms. The maximum Gasteiger partial charge on any atom is 0.277 e. The topological polar surface area (TPSA) is 126 Å². The highest BCUT2D eigenvalue weighted by atomic mass is 32.2. The molecule has 0 radical (unpaired) electrons. The van der Waals surface area contributed by atoms with Gasteiger partial charge in [-0.3, -0.25) is 4.79 Å². The smallest absolute Gasteiger partial charge is 0.277 e. The molecular weight excluding hydrogens is 506 g/mol. The summed E-state index contributed by atoms with van der Waals surface area (Å²) in [4.78, 5) is 26.9. The fraction of sp³-hybridized carbons (Fsp3) is 0.385. The van der Waals surface area contributed by atoms with E-state index in [-0.39, 0.29) is 16.3 Å². The first kappa shape index (κ1) is 25.9.